The molecule has 4 heteroatoms. The molecule has 1 aromatic heterocycles. The van der Waals surface area contributed by atoms with Gasteiger partial charge in [0.15, 0.2) is 0 Å². The second-order valence-electron chi connectivity index (χ2n) is 3.92. The monoisotopic (exact) mass is 224 g/mol. The molecule has 0 fully saturated rings. The van der Waals surface area contributed by atoms with Crippen molar-refractivity contribution in [1.29, 1.82) is 0 Å². The number of pyridine rings is 1. The normalized spacial score (nSPS) is 12.4. The van der Waals surface area contributed by atoms with Crippen LogP contribution in [0, 0.1) is 5.92 Å². The molecule has 1 aromatic rings. The van der Waals surface area contributed by atoms with Crippen molar-refractivity contribution in [2.75, 3.05) is 20.3 Å². The summed E-state index contributed by atoms with van der Waals surface area (Å²) >= 11 is 0. The maximum Gasteiger partial charge on any atom is 0.217 e. The van der Waals surface area contributed by atoms with E-state index in [0.29, 0.717) is 11.8 Å². The van der Waals surface area contributed by atoms with E-state index < -0.39 is 0 Å². The minimum atomic E-state index is 0.249. The zero-order valence-electron chi connectivity index (χ0n) is 9.94. The second kappa shape index (κ2) is 7.19. The molecule has 0 saturated carbocycles. The predicted octanol–water partition coefficient (Wildman–Crippen LogP) is 1.20. The van der Waals surface area contributed by atoms with Crippen LogP contribution in [0.3, 0.4) is 0 Å². The number of hydrogen-bond donors (Lipinski definition) is 2. The van der Waals surface area contributed by atoms with Gasteiger partial charge in [-0.3, -0.25) is 0 Å². The Bertz CT molecular complexity index is 305. The van der Waals surface area contributed by atoms with E-state index in [1.54, 1.807) is 13.3 Å². The zero-order valence-corrected chi connectivity index (χ0v) is 9.94. The minimum absolute atomic E-state index is 0.249. The lowest BCUT2D eigenvalue weighted by Crippen LogP contribution is -2.21. The van der Waals surface area contributed by atoms with Gasteiger partial charge in [0.05, 0.1) is 7.11 Å². The Morgan fingerprint density at radius 1 is 1.56 bits per heavy atom. The van der Waals surface area contributed by atoms with Crippen molar-refractivity contribution < 1.29 is 9.84 Å². The van der Waals surface area contributed by atoms with Crippen LogP contribution in [0.5, 0.6) is 5.88 Å². The molecule has 0 spiro atoms. The van der Waals surface area contributed by atoms with Gasteiger partial charge in [0.25, 0.3) is 0 Å². The first-order valence-corrected chi connectivity index (χ1v) is 5.57. The van der Waals surface area contributed by atoms with Crippen molar-refractivity contribution in [2.45, 2.75) is 19.9 Å². The van der Waals surface area contributed by atoms with Crippen LogP contribution in [0.15, 0.2) is 18.3 Å². The average molecular weight is 224 g/mol. The highest BCUT2D eigenvalue weighted by molar-refractivity contribution is 5.24. The summed E-state index contributed by atoms with van der Waals surface area (Å²) < 4.78 is 5.16. The maximum absolute atomic E-state index is 8.78. The maximum atomic E-state index is 8.78. The van der Waals surface area contributed by atoms with Crippen LogP contribution in [0.25, 0.3) is 0 Å². The van der Waals surface area contributed by atoms with Crippen molar-refractivity contribution in [2.24, 2.45) is 5.92 Å². The average Bonchev–Trinajstić information content (AvgIpc) is 2.30. The van der Waals surface area contributed by atoms with Crippen molar-refractivity contribution in [3.8, 4) is 5.88 Å². The zero-order chi connectivity index (χ0) is 11.8. The fourth-order valence-corrected chi connectivity index (χ4v) is 1.52. The van der Waals surface area contributed by atoms with Crippen molar-refractivity contribution in [3.63, 3.8) is 0 Å². The lowest BCUT2D eigenvalue weighted by Gasteiger charge is -2.12. The number of nitrogens with zero attached hydrogens (tertiary/aromatic N) is 1. The molecule has 0 radical (unpaired) electrons. The lowest BCUT2D eigenvalue weighted by atomic mass is 10.1. The molecule has 0 aromatic carbocycles. The Labute approximate surface area is 96.7 Å². The molecule has 1 unspecified atom stereocenters. The highest BCUT2D eigenvalue weighted by Gasteiger charge is 2.04. The third kappa shape index (κ3) is 4.16. The van der Waals surface area contributed by atoms with E-state index in [1.807, 2.05) is 12.1 Å². The number of ether oxygens (including phenoxy) is 1. The fourth-order valence-electron chi connectivity index (χ4n) is 1.52. The summed E-state index contributed by atoms with van der Waals surface area (Å²) in [5, 5.41) is 12.1. The minimum Gasteiger partial charge on any atom is -0.481 e. The number of hydrogen-bond acceptors (Lipinski definition) is 4. The Morgan fingerprint density at radius 3 is 3.06 bits per heavy atom. The van der Waals surface area contributed by atoms with Gasteiger partial charge in [0.2, 0.25) is 5.88 Å². The van der Waals surface area contributed by atoms with Crippen LogP contribution >= 0.6 is 0 Å². The van der Waals surface area contributed by atoms with E-state index in [2.05, 4.69) is 17.2 Å². The molecule has 16 heavy (non-hydrogen) atoms. The van der Waals surface area contributed by atoms with E-state index in [4.69, 9.17) is 9.84 Å². The SMILES string of the molecule is COc1ncccc1CNCC(C)CCO. The number of methoxy groups -OCH3 is 1. The first-order valence-electron chi connectivity index (χ1n) is 5.57. The third-order valence-electron chi connectivity index (χ3n) is 2.47. The molecule has 1 atom stereocenters. The molecule has 2 N–H and O–H groups in total. The van der Waals surface area contributed by atoms with Crippen molar-refractivity contribution in [1.82, 2.24) is 10.3 Å². The number of aromatic nitrogens is 1. The lowest BCUT2D eigenvalue weighted by molar-refractivity contribution is 0.260. The first-order chi connectivity index (χ1) is 7.77. The van der Waals surface area contributed by atoms with Gasteiger partial charge in [-0.1, -0.05) is 13.0 Å². The molecular formula is C12H20N2O2. The van der Waals surface area contributed by atoms with E-state index in [9.17, 15) is 0 Å². The third-order valence-corrected chi connectivity index (χ3v) is 2.47. The summed E-state index contributed by atoms with van der Waals surface area (Å²) in [5.41, 5.74) is 1.06. The molecule has 4 nitrogen and oxygen atoms in total. The van der Waals surface area contributed by atoms with Crippen molar-refractivity contribution >= 4 is 0 Å². The summed E-state index contributed by atoms with van der Waals surface area (Å²) in [4.78, 5) is 4.13. The van der Waals surface area contributed by atoms with Crippen LogP contribution in [-0.4, -0.2) is 30.4 Å². The van der Waals surface area contributed by atoms with Gasteiger partial charge in [-0.25, -0.2) is 4.98 Å². The predicted molar refractivity (Wildman–Crippen MR) is 63.4 cm³/mol. The molecule has 0 aliphatic carbocycles. The summed E-state index contributed by atoms with van der Waals surface area (Å²) in [6.45, 7) is 3.99. The first kappa shape index (κ1) is 12.9. The Kier molecular flexibility index (Phi) is 5.82. The number of rotatable bonds is 7. The molecule has 1 rings (SSSR count). The number of aliphatic hydroxyl groups is 1. The standard InChI is InChI=1S/C12H20N2O2/c1-10(5-7-15)8-13-9-11-4-3-6-14-12(11)16-2/h3-4,6,10,13,15H,5,7-9H2,1-2H3. The molecule has 0 amide bonds. The van der Waals surface area contributed by atoms with Crippen LogP contribution in [0.2, 0.25) is 0 Å². The second-order valence-corrected chi connectivity index (χ2v) is 3.92. The van der Waals surface area contributed by atoms with Crippen LogP contribution in [0.1, 0.15) is 18.9 Å². The number of nitrogens with one attached hydrogen (secondary N) is 1. The van der Waals surface area contributed by atoms with E-state index in [1.165, 1.54) is 0 Å². The van der Waals surface area contributed by atoms with Gasteiger partial charge in [0, 0.05) is 24.9 Å². The molecule has 1 heterocycles. The molecule has 0 saturated heterocycles. The quantitative estimate of drug-likeness (QED) is 0.730. The van der Waals surface area contributed by atoms with Crippen molar-refractivity contribution in [3.05, 3.63) is 23.9 Å². The van der Waals surface area contributed by atoms with Crippen LogP contribution in [-0.2, 0) is 6.54 Å². The highest BCUT2D eigenvalue weighted by Crippen LogP contribution is 2.12. The van der Waals surface area contributed by atoms with Crippen LogP contribution in [0.4, 0.5) is 0 Å². The fraction of sp³-hybridized carbons (Fsp3) is 0.583. The smallest absolute Gasteiger partial charge is 0.217 e. The summed E-state index contributed by atoms with van der Waals surface area (Å²) in [6.07, 6.45) is 2.55. The molecular weight excluding hydrogens is 204 g/mol. The van der Waals surface area contributed by atoms with E-state index in [-0.39, 0.29) is 6.61 Å². The Morgan fingerprint density at radius 2 is 2.38 bits per heavy atom. The van der Waals surface area contributed by atoms with E-state index >= 15 is 0 Å². The van der Waals surface area contributed by atoms with E-state index in [0.717, 1.165) is 25.1 Å². The molecule has 0 aliphatic heterocycles. The summed E-state index contributed by atoms with van der Waals surface area (Å²) in [7, 11) is 1.63. The van der Waals surface area contributed by atoms with Gasteiger partial charge >= 0.3 is 0 Å². The van der Waals surface area contributed by atoms with Gasteiger partial charge in [-0.2, -0.15) is 0 Å². The molecule has 0 aliphatic rings. The van der Waals surface area contributed by atoms with Gasteiger partial charge < -0.3 is 15.2 Å². The summed E-state index contributed by atoms with van der Waals surface area (Å²) in [6, 6.07) is 3.90. The largest absolute Gasteiger partial charge is 0.481 e. The van der Waals surface area contributed by atoms with Gasteiger partial charge in [-0.15, -0.1) is 0 Å². The van der Waals surface area contributed by atoms with Crippen LogP contribution < -0.4 is 10.1 Å². The summed E-state index contributed by atoms with van der Waals surface area (Å²) in [5.74, 6) is 1.15. The Balaban J connectivity index is 2.36. The highest BCUT2D eigenvalue weighted by atomic mass is 16.5. The number of aliphatic hydroxyl groups excluding tert-OH is 1. The Hall–Kier alpha value is -1.13. The van der Waals surface area contributed by atoms with Gasteiger partial charge in [-0.05, 0) is 24.9 Å². The molecule has 90 valence electrons. The topological polar surface area (TPSA) is 54.4 Å². The molecule has 0 bridgehead atoms. The van der Waals surface area contributed by atoms with Gasteiger partial charge in [0.1, 0.15) is 0 Å².